The van der Waals surface area contributed by atoms with Crippen molar-refractivity contribution < 1.29 is 9.53 Å². The summed E-state index contributed by atoms with van der Waals surface area (Å²) in [5.41, 5.74) is 0.0231. The average molecular weight is 194 g/mol. The van der Waals surface area contributed by atoms with Crippen LogP contribution < -0.4 is 0 Å². The summed E-state index contributed by atoms with van der Waals surface area (Å²) in [4.78, 5) is 12.0. The minimum absolute atomic E-state index is 0.0231. The molecule has 3 heteroatoms. The fourth-order valence-corrected chi connectivity index (χ4v) is 2.24. The van der Waals surface area contributed by atoms with Gasteiger partial charge in [-0.15, -0.1) is 0 Å². The number of carbonyl (C=O) groups excluding carboxylic acids is 1. The van der Waals surface area contributed by atoms with Crippen molar-refractivity contribution >= 4 is 17.7 Å². The van der Waals surface area contributed by atoms with E-state index in [1.807, 2.05) is 30.3 Å². The maximum atomic E-state index is 10.8. The highest BCUT2D eigenvalue weighted by Gasteiger charge is 2.23. The van der Waals surface area contributed by atoms with Crippen LogP contribution in [0.2, 0.25) is 0 Å². The van der Waals surface area contributed by atoms with E-state index in [2.05, 4.69) is 0 Å². The number of thioether (sulfide) groups is 1. The third kappa shape index (κ3) is 2.25. The summed E-state index contributed by atoms with van der Waals surface area (Å²) in [6.45, 7) is 0. The number of hydrogen-bond donors (Lipinski definition) is 0. The monoisotopic (exact) mass is 194 g/mol. The summed E-state index contributed by atoms with van der Waals surface area (Å²) in [7, 11) is 0. The molecule has 1 aliphatic rings. The van der Waals surface area contributed by atoms with Gasteiger partial charge in [0.2, 0.25) is 0 Å². The average Bonchev–Trinajstić information content (AvgIpc) is 2.53. The molecule has 0 radical (unpaired) electrons. The van der Waals surface area contributed by atoms with Gasteiger partial charge in [-0.25, -0.2) is 0 Å². The highest BCUT2D eigenvalue weighted by Crippen LogP contribution is 2.30. The number of cyclic esters (lactones) is 1. The molecular weight excluding hydrogens is 184 g/mol. The van der Waals surface area contributed by atoms with Gasteiger partial charge in [0, 0.05) is 17.7 Å². The minimum Gasteiger partial charge on any atom is -0.451 e. The van der Waals surface area contributed by atoms with Crippen molar-refractivity contribution in [2.75, 3.05) is 0 Å². The van der Waals surface area contributed by atoms with Crippen molar-refractivity contribution in [3.05, 3.63) is 30.3 Å². The summed E-state index contributed by atoms with van der Waals surface area (Å²) >= 11 is 1.61. The lowest BCUT2D eigenvalue weighted by atomic mass is 10.4. The Morgan fingerprint density at radius 2 is 2.08 bits per heavy atom. The van der Waals surface area contributed by atoms with E-state index >= 15 is 0 Å². The third-order valence-corrected chi connectivity index (χ3v) is 3.00. The van der Waals surface area contributed by atoms with Crippen LogP contribution >= 0.6 is 11.8 Å². The number of benzene rings is 1. The number of ether oxygens (including phenoxy) is 1. The summed E-state index contributed by atoms with van der Waals surface area (Å²) in [6.07, 6.45) is 1.39. The van der Waals surface area contributed by atoms with Gasteiger partial charge in [0.1, 0.15) is 0 Å². The Morgan fingerprint density at radius 1 is 1.31 bits per heavy atom. The van der Waals surface area contributed by atoms with Crippen molar-refractivity contribution in [1.82, 2.24) is 0 Å². The summed E-state index contributed by atoms with van der Waals surface area (Å²) < 4.78 is 5.09. The molecule has 0 spiro atoms. The van der Waals surface area contributed by atoms with Crippen LogP contribution in [0, 0.1) is 0 Å². The lowest BCUT2D eigenvalue weighted by molar-refractivity contribution is -0.138. The van der Waals surface area contributed by atoms with Crippen molar-refractivity contribution in [3.63, 3.8) is 0 Å². The van der Waals surface area contributed by atoms with E-state index in [9.17, 15) is 4.79 Å². The number of carbonyl (C=O) groups is 1. The van der Waals surface area contributed by atoms with Crippen LogP contribution in [0.3, 0.4) is 0 Å². The molecule has 68 valence electrons. The Kier molecular flexibility index (Phi) is 2.54. The molecule has 1 unspecified atom stereocenters. The zero-order valence-corrected chi connectivity index (χ0v) is 7.92. The molecule has 1 heterocycles. The van der Waals surface area contributed by atoms with E-state index in [1.165, 1.54) is 0 Å². The number of hydrogen-bond acceptors (Lipinski definition) is 3. The fraction of sp³-hybridized carbons (Fsp3) is 0.300. The van der Waals surface area contributed by atoms with E-state index in [1.54, 1.807) is 11.8 Å². The van der Waals surface area contributed by atoms with Crippen molar-refractivity contribution in [2.45, 2.75) is 23.2 Å². The van der Waals surface area contributed by atoms with E-state index < -0.39 is 0 Å². The Morgan fingerprint density at radius 3 is 2.69 bits per heavy atom. The van der Waals surface area contributed by atoms with Crippen molar-refractivity contribution in [2.24, 2.45) is 0 Å². The summed E-state index contributed by atoms with van der Waals surface area (Å²) in [5, 5.41) is 0. The van der Waals surface area contributed by atoms with Gasteiger partial charge < -0.3 is 4.74 Å². The molecule has 1 saturated heterocycles. The first-order valence-corrected chi connectivity index (χ1v) is 5.14. The Labute approximate surface area is 81.3 Å². The lowest BCUT2D eigenvalue weighted by Crippen LogP contribution is -2.00. The maximum absolute atomic E-state index is 10.8. The van der Waals surface area contributed by atoms with Crippen LogP contribution in [0.4, 0.5) is 0 Å². The Balaban J connectivity index is 1.96. The van der Waals surface area contributed by atoms with E-state index in [0.29, 0.717) is 6.42 Å². The second kappa shape index (κ2) is 3.83. The molecule has 1 fully saturated rings. The molecule has 0 saturated carbocycles. The molecule has 2 rings (SSSR count). The van der Waals surface area contributed by atoms with Gasteiger partial charge in [-0.2, -0.15) is 0 Å². The van der Waals surface area contributed by atoms with Crippen molar-refractivity contribution in [1.29, 1.82) is 0 Å². The van der Waals surface area contributed by atoms with Crippen LogP contribution in [-0.2, 0) is 9.53 Å². The zero-order valence-electron chi connectivity index (χ0n) is 7.10. The molecule has 1 atom stereocenters. The topological polar surface area (TPSA) is 26.3 Å². The molecular formula is C10H10O2S. The lowest BCUT2D eigenvalue weighted by Gasteiger charge is -2.07. The maximum Gasteiger partial charge on any atom is 0.307 e. The van der Waals surface area contributed by atoms with Gasteiger partial charge in [-0.3, -0.25) is 4.79 Å². The Bertz CT molecular complexity index is 297. The molecule has 1 aliphatic heterocycles. The molecule has 1 aromatic rings. The molecule has 2 nitrogen and oxygen atoms in total. The van der Waals surface area contributed by atoms with Crippen LogP contribution in [0.5, 0.6) is 0 Å². The normalized spacial score (nSPS) is 21.5. The van der Waals surface area contributed by atoms with Gasteiger partial charge in [-0.05, 0) is 12.1 Å². The standard InChI is InChI=1S/C10H10O2S/c11-9-6-7-10(12-9)13-8-4-2-1-3-5-8/h1-5,10H,6-7H2. The molecule has 1 aromatic carbocycles. The number of rotatable bonds is 2. The summed E-state index contributed by atoms with van der Waals surface area (Å²) in [5.74, 6) is -0.0755. The third-order valence-electron chi connectivity index (χ3n) is 1.86. The second-order valence-electron chi connectivity index (χ2n) is 2.89. The SMILES string of the molecule is O=C1CCC(Sc2ccccc2)O1. The van der Waals surface area contributed by atoms with Gasteiger partial charge in [0.05, 0.1) is 0 Å². The fourth-order valence-electron chi connectivity index (χ4n) is 1.23. The van der Waals surface area contributed by atoms with Crippen LogP contribution in [0.15, 0.2) is 35.2 Å². The van der Waals surface area contributed by atoms with Gasteiger partial charge in [0.25, 0.3) is 0 Å². The molecule has 0 bridgehead atoms. The Hall–Kier alpha value is -0.960. The predicted octanol–water partition coefficient (Wildman–Crippen LogP) is 2.44. The zero-order chi connectivity index (χ0) is 9.10. The molecule has 0 aliphatic carbocycles. The highest BCUT2D eigenvalue weighted by atomic mass is 32.2. The first-order valence-electron chi connectivity index (χ1n) is 4.26. The van der Waals surface area contributed by atoms with E-state index in [-0.39, 0.29) is 11.4 Å². The van der Waals surface area contributed by atoms with Crippen LogP contribution in [-0.4, -0.2) is 11.4 Å². The van der Waals surface area contributed by atoms with Gasteiger partial charge >= 0.3 is 5.97 Å². The predicted molar refractivity (Wildman–Crippen MR) is 51.4 cm³/mol. The van der Waals surface area contributed by atoms with Gasteiger partial charge in [0.15, 0.2) is 5.44 Å². The molecule has 0 aromatic heterocycles. The van der Waals surface area contributed by atoms with Gasteiger partial charge in [-0.1, -0.05) is 30.0 Å². The second-order valence-corrected chi connectivity index (χ2v) is 4.12. The highest BCUT2D eigenvalue weighted by molar-refractivity contribution is 7.99. The molecule has 13 heavy (non-hydrogen) atoms. The molecule has 0 N–H and O–H groups in total. The summed E-state index contributed by atoms with van der Waals surface area (Å²) in [6, 6.07) is 10.00. The number of esters is 1. The van der Waals surface area contributed by atoms with Crippen LogP contribution in [0.1, 0.15) is 12.8 Å². The molecule has 0 amide bonds. The van der Waals surface area contributed by atoms with Crippen LogP contribution in [0.25, 0.3) is 0 Å². The first-order chi connectivity index (χ1) is 6.34. The quantitative estimate of drug-likeness (QED) is 0.676. The minimum atomic E-state index is -0.0755. The van der Waals surface area contributed by atoms with E-state index in [0.717, 1.165) is 11.3 Å². The smallest absolute Gasteiger partial charge is 0.307 e. The first kappa shape index (κ1) is 8.63. The van der Waals surface area contributed by atoms with Crippen molar-refractivity contribution in [3.8, 4) is 0 Å². The van der Waals surface area contributed by atoms with E-state index in [4.69, 9.17) is 4.74 Å². The largest absolute Gasteiger partial charge is 0.451 e.